The van der Waals surface area contributed by atoms with Gasteiger partial charge in [0.2, 0.25) is 0 Å². The van der Waals surface area contributed by atoms with Gasteiger partial charge in [0.15, 0.2) is 0 Å². The largest absolute Gasteiger partial charge is 0.488 e. The van der Waals surface area contributed by atoms with E-state index in [-0.39, 0.29) is 12.7 Å². The molecule has 1 aliphatic rings. The summed E-state index contributed by atoms with van der Waals surface area (Å²) in [6.45, 7) is -0.212. The molecule has 3 nitrogen and oxygen atoms in total. The molecule has 1 aliphatic heterocycles. The van der Waals surface area contributed by atoms with Crippen LogP contribution in [0.3, 0.4) is 0 Å². The van der Waals surface area contributed by atoms with Gasteiger partial charge in [-0.05, 0) is 23.8 Å². The molecule has 1 aromatic carbocycles. The van der Waals surface area contributed by atoms with Crippen LogP contribution in [0.1, 0.15) is 5.56 Å². The monoisotopic (exact) mass is 353 g/mol. The molecule has 0 amide bonds. The predicted octanol–water partition coefficient (Wildman–Crippen LogP) is 2.92. The van der Waals surface area contributed by atoms with Crippen LogP contribution in [-0.2, 0) is 11.2 Å². The van der Waals surface area contributed by atoms with Gasteiger partial charge < -0.3 is 14.8 Å². The summed E-state index contributed by atoms with van der Waals surface area (Å²) < 4.78 is 46.7. The summed E-state index contributed by atoms with van der Waals surface area (Å²) in [6.07, 6.45) is -3.45. The van der Waals surface area contributed by atoms with Crippen molar-refractivity contribution in [1.82, 2.24) is 5.32 Å². The molecular weight excluding hydrogens is 339 g/mol. The Kier molecular flexibility index (Phi) is 5.29. The highest BCUT2D eigenvalue weighted by molar-refractivity contribution is 9.10. The van der Waals surface area contributed by atoms with Crippen LogP contribution < -0.4 is 10.1 Å². The SMILES string of the molecule is FC(F)(F)COCCNCC1Cc2cc(Br)ccc2O1. The lowest BCUT2D eigenvalue weighted by Crippen LogP contribution is -2.32. The minimum atomic E-state index is -4.26. The number of ether oxygens (including phenoxy) is 2. The van der Waals surface area contributed by atoms with Crippen molar-refractivity contribution < 1.29 is 22.6 Å². The zero-order chi connectivity index (χ0) is 14.6. The normalized spacial score (nSPS) is 17.9. The minimum absolute atomic E-state index is 0.0157. The molecule has 1 N–H and O–H groups in total. The maximum Gasteiger partial charge on any atom is 0.411 e. The lowest BCUT2D eigenvalue weighted by atomic mass is 10.1. The van der Waals surface area contributed by atoms with Crippen molar-refractivity contribution in [1.29, 1.82) is 0 Å². The first-order valence-electron chi connectivity index (χ1n) is 6.24. The Bertz CT molecular complexity index is 454. The van der Waals surface area contributed by atoms with Gasteiger partial charge in [0.1, 0.15) is 18.5 Å². The predicted molar refractivity (Wildman–Crippen MR) is 72.0 cm³/mol. The van der Waals surface area contributed by atoms with Crippen LogP contribution in [0.2, 0.25) is 0 Å². The fraction of sp³-hybridized carbons (Fsp3) is 0.538. The van der Waals surface area contributed by atoms with Crippen LogP contribution >= 0.6 is 15.9 Å². The Morgan fingerprint density at radius 1 is 1.40 bits per heavy atom. The van der Waals surface area contributed by atoms with E-state index in [0.29, 0.717) is 13.1 Å². The van der Waals surface area contributed by atoms with Crippen molar-refractivity contribution in [3.63, 3.8) is 0 Å². The summed E-state index contributed by atoms with van der Waals surface area (Å²) in [7, 11) is 0. The average Bonchev–Trinajstić information content (AvgIpc) is 2.74. The fourth-order valence-corrected chi connectivity index (χ4v) is 2.41. The topological polar surface area (TPSA) is 30.5 Å². The summed E-state index contributed by atoms with van der Waals surface area (Å²) in [5.74, 6) is 0.869. The Labute approximate surface area is 123 Å². The molecule has 0 aliphatic carbocycles. The Morgan fingerprint density at radius 3 is 2.95 bits per heavy atom. The van der Waals surface area contributed by atoms with Gasteiger partial charge in [0.05, 0.1) is 6.61 Å². The van der Waals surface area contributed by atoms with Crippen LogP contribution in [0.15, 0.2) is 22.7 Å². The second-order valence-electron chi connectivity index (χ2n) is 4.57. The molecule has 0 spiro atoms. The lowest BCUT2D eigenvalue weighted by molar-refractivity contribution is -0.173. The summed E-state index contributed by atoms with van der Waals surface area (Å²) in [4.78, 5) is 0. The molecule has 1 aromatic rings. The highest BCUT2D eigenvalue weighted by Crippen LogP contribution is 2.30. The van der Waals surface area contributed by atoms with E-state index in [4.69, 9.17) is 4.74 Å². The third-order valence-electron chi connectivity index (χ3n) is 2.82. The van der Waals surface area contributed by atoms with Crippen LogP contribution in [-0.4, -0.2) is 38.6 Å². The molecule has 2 rings (SSSR count). The third-order valence-corrected chi connectivity index (χ3v) is 3.32. The lowest BCUT2D eigenvalue weighted by Gasteiger charge is -2.12. The number of fused-ring (bicyclic) bond motifs is 1. The number of halogens is 4. The molecular formula is C13H15BrF3NO2. The average molecular weight is 354 g/mol. The maximum atomic E-state index is 11.8. The molecule has 0 bridgehead atoms. The van der Waals surface area contributed by atoms with Crippen LogP contribution in [0.25, 0.3) is 0 Å². The van der Waals surface area contributed by atoms with Gasteiger partial charge in [-0.15, -0.1) is 0 Å². The summed E-state index contributed by atoms with van der Waals surface area (Å²) in [5.41, 5.74) is 1.14. The summed E-state index contributed by atoms with van der Waals surface area (Å²) >= 11 is 3.40. The fourth-order valence-electron chi connectivity index (χ4n) is 2.00. The molecule has 7 heteroatoms. The molecule has 1 heterocycles. The van der Waals surface area contributed by atoms with E-state index in [0.717, 1.165) is 22.2 Å². The number of hydrogen-bond donors (Lipinski definition) is 1. The Balaban J connectivity index is 1.61. The number of rotatable bonds is 6. The minimum Gasteiger partial charge on any atom is -0.488 e. The van der Waals surface area contributed by atoms with Crippen LogP contribution in [0.5, 0.6) is 5.75 Å². The third kappa shape index (κ3) is 4.96. The number of benzene rings is 1. The van der Waals surface area contributed by atoms with Gasteiger partial charge in [0, 0.05) is 24.0 Å². The molecule has 0 saturated carbocycles. The van der Waals surface area contributed by atoms with E-state index in [9.17, 15) is 13.2 Å². The molecule has 20 heavy (non-hydrogen) atoms. The van der Waals surface area contributed by atoms with Gasteiger partial charge in [0.25, 0.3) is 0 Å². The standard InChI is InChI=1S/C13H15BrF3NO2/c14-10-1-2-12-9(5-10)6-11(20-12)7-18-3-4-19-8-13(15,16)17/h1-2,5,11,18H,3-4,6-8H2. The molecule has 1 unspecified atom stereocenters. The van der Waals surface area contributed by atoms with E-state index >= 15 is 0 Å². The van der Waals surface area contributed by atoms with Gasteiger partial charge in [-0.25, -0.2) is 0 Å². The van der Waals surface area contributed by atoms with E-state index in [1.807, 2.05) is 18.2 Å². The van der Waals surface area contributed by atoms with Crippen molar-refractivity contribution in [2.24, 2.45) is 0 Å². The first-order chi connectivity index (χ1) is 9.44. The Morgan fingerprint density at radius 2 is 2.20 bits per heavy atom. The van der Waals surface area contributed by atoms with E-state index in [2.05, 4.69) is 26.0 Å². The van der Waals surface area contributed by atoms with E-state index in [1.165, 1.54) is 0 Å². The summed E-state index contributed by atoms with van der Waals surface area (Å²) in [6, 6.07) is 5.84. The first kappa shape index (κ1) is 15.6. The molecule has 112 valence electrons. The second kappa shape index (κ2) is 6.78. The Hall–Kier alpha value is -0.790. The smallest absolute Gasteiger partial charge is 0.411 e. The van der Waals surface area contributed by atoms with Gasteiger partial charge in [-0.3, -0.25) is 0 Å². The summed E-state index contributed by atoms with van der Waals surface area (Å²) in [5, 5.41) is 3.03. The van der Waals surface area contributed by atoms with Gasteiger partial charge in [-0.1, -0.05) is 15.9 Å². The highest BCUT2D eigenvalue weighted by Gasteiger charge is 2.27. The highest BCUT2D eigenvalue weighted by atomic mass is 79.9. The zero-order valence-electron chi connectivity index (χ0n) is 10.7. The number of nitrogens with one attached hydrogen (secondary N) is 1. The second-order valence-corrected chi connectivity index (χ2v) is 5.48. The van der Waals surface area contributed by atoms with Crippen LogP contribution in [0, 0.1) is 0 Å². The number of hydrogen-bond acceptors (Lipinski definition) is 3. The van der Waals surface area contributed by atoms with E-state index in [1.54, 1.807) is 0 Å². The van der Waals surface area contributed by atoms with Crippen molar-refractivity contribution in [3.05, 3.63) is 28.2 Å². The van der Waals surface area contributed by atoms with Crippen molar-refractivity contribution in [3.8, 4) is 5.75 Å². The van der Waals surface area contributed by atoms with E-state index < -0.39 is 12.8 Å². The van der Waals surface area contributed by atoms with Gasteiger partial charge >= 0.3 is 6.18 Å². The van der Waals surface area contributed by atoms with Crippen molar-refractivity contribution in [2.75, 3.05) is 26.3 Å². The van der Waals surface area contributed by atoms with Crippen LogP contribution in [0.4, 0.5) is 13.2 Å². The van der Waals surface area contributed by atoms with Gasteiger partial charge in [-0.2, -0.15) is 13.2 Å². The maximum absolute atomic E-state index is 11.8. The molecule has 0 fully saturated rings. The number of alkyl halides is 3. The molecule has 0 aromatic heterocycles. The molecule has 1 atom stereocenters. The quantitative estimate of drug-likeness (QED) is 0.797. The molecule has 0 saturated heterocycles. The first-order valence-corrected chi connectivity index (χ1v) is 7.03. The molecule has 0 radical (unpaired) electrons. The van der Waals surface area contributed by atoms with Crippen molar-refractivity contribution >= 4 is 15.9 Å². The van der Waals surface area contributed by atoms with Crippen molar-refractivity contribution in [2.45, 2.75) is 18.7 Å². The zero-order valence-corrected chi connectivity index (χ0v) is 12.3.